The molecule has 0 unspecified atom stereocenters. The lowest BCUT2D eigenvalue weighted by atomic mass is 10.2. The van der Waals surface area contributed by atoms with Gasteiger partial charge < -0.3 is 15.8 Å². The standard InChI is InChI=1S/C16H21ClN4O2/c1-10(2)23-14-5-4-13(17)7-12(14)8-19-16(22)9-21-15(18)6-11(3)20-21/h4-7,10H,8-9,18H2,1-3H3,(H,19,22). The number of ether oxygens (including phenoxy) is 1. The predicted molar refractivity (Wildman–Crippen MR) is 90.4 cm³/mol. The molecule has 0 aliphatic rings. The van der Waals surface area contributed by atoms with Gasteiger partial charge in [-0.3, -0.25) is 4.79 Å². The third-order valence-electron chi connectivity index (χ3n) is 3.09. The topological polar surface area (TPSA) is 82.2 Å². The van der Waals surface area contributed by atoms with Crippen molar-refractivity contribution in [2.75, 3.05) is 5.73 Å². The van der Waals surface area contributed by atoms with Gasteiger partial charge in [0.15, 0.2) is 0 Å². The number of hydrogen-bond donors (Lipinski definition) is 2. The molecule has 3 N–H and O–H groups in total. The minimum atomic E-state index is -0.185. The van der Waals surface area contributed by atoms with E-state index in [-0.39, 0.29) is 18.6 Å². The van der Waals surface area contributed by atoms with Crippen molar-refractivity contribution in [1.29, 1.82) is 0 Å². The number of aryl methyl sites for hydroxylation is 1. The summed E-state index contributed by atoms with van der Waals surface area (Å²) in [6.07, 6.45) is 0.0393. The highest BCUT2D eigenvalue weighted by Gasteiger charge is 2.11. The van der Waals surface area contributed by atoms with Crippen molar-refractivity contribution in [3.63, 3.8) is 0 Å². The highest BCUT2D eigenvalue weighted by atomic mass is 35.5. The van der Waals surface area contributed by atoms with Crippen LogP contribution in [0.1, 0.15) is 25.1 Å². The summed E-state index contributed by atoms with van der Waals surface area (Å²) >= 11 is 6.02. The van der Waals surface area contributed by atoms with Gasteiger partial charge in [-0.1, -0.05) is 11.6 Å². The second-order valence-electron chi connectivity index (χ2n) is 5.56. The van der Waals surface area contributed by atoms with Gasteiger partial charge in [-0.2, -0.15) is 5.10 Å². The molecule has 7 heteroatoms. The van der Waals surface area contributed by atoms with Crippen LogP contribution < -0.4 is 15.8 Å². The normalized spacial score (nSPS) is 10.8. The summed E-state index contributed by atoms with van der Waals surface area (Å²) in [6.45, 7) is 6.11. The van der Waals surface area contributed by atoms with Crippen molar-refractivity contribution < 1.29 is 9.53 Å². The Labute approximate surface area is 140 Å². The van der Waals surface area contributed by atoms with Gasteiger partial charge in [0.25, 0.3) is 0 Å². The first kappa shape index (κ1) is 17.1. The first-order chi connectivity index (χ1) is 10.8. The molecular weight excluding hydrogens is 316 g/mol. The second-order valence-corrected chi connectivity index (χ2v) is 6.00. The maximum atomic E-state index is 12.1. The summed E-state index contributed by atoms with van der Waals surface area (Å²) < 4.78 is 7.19. The van der Waals surface area contributed by atoms with Crippen LogP contribution >= 0.6 is 11.6 Å². The number of nitrogen functional groups attached to an aromatic ring is 1. The van der Waals surface area contributed by atoms with Crippen molar-refractivity contribution in [3.05, 3.63) is 40.5 Å². The Balaban J connectivity index is 2.01. The number of hydrogen-bond acceptors (Lipinski definition) is 4. The maximum absolute atomic E-state index is 12.1. The van der Waals surface area contributed by atoms with Crippen LogP contribution in [0, 0.1) is 6.92 Å². The van der Waals surface area contributed by atoms with Crippen molar-refractivity contribution in [3.8, 4) is 5.75 Å². The zero-order chi connectivity index (χ0) is 17.0. The van der Waals surface area contributed by atoms with Gasteiger partial charge in [0, 0.05) is 23.2 Å². The second kappa shape index (κ2) is 7.37. The number of benzene rings is 1. The van der Waals surface area contributed by atoms with E-state index in [0.29, 0.717) is 23.1 Å². The van der Waals surface area contributed by atoms with Crippen molar-refractivity contribution >= 4 is 23.3 Å². The fourth-order valence-corrected chi connectivity index (χ4v) is 2.33. The number of halogens is 1. The van der Waals surface area contributed by atoms with E-state index in [0.717, 1.165) is 11.3 Å². The molecule has 0 aliphatic heterocycles. The van der Waals surface area contributed by atoms with E-state index in [1.54, 1.807) is 24.3 Å². The van der Waals surface area contributed by atoms with Gasteiger partial charge in [-0.05, 0) is 39.0 Å². The zero-order valence-corrected chi connectivity index (χ0v) is 14.2. The molecule has 0 atom stereocenters. The molecule has 1 aromatic carbocycles. The van der Waals surface area contributed by atoms with Crippen molar-refractivity contribution in [1.82, 2.24) is 15.1 Å². The number of carbonyl (C=O) groups is 1. The molecular formula is C16H21ClN4O2. The molecule has 0 saturated carbocycles. The summed E-state index contributed by atoms with van der Waals surface area (Å²) in [5.74, 6) is 0.985. The van der Waals surface area contributed by atoms with Crippen LogP contribution in [0.15, 0.2) is 24.3 Å². The van der Waals surface area contributed by atoms with Gasteiger partial charge in [0.2, 0.25) is 5.91 Å². The Bertz CT molecular complexity index is 697. The van der Waals surface area contributed by atoms with Crippen molar-refractivity contribution in [2.45, 2.75) is 40.0 Å². The van der Waals surface area contributed by atoms with Crippen LogP contribution in [0.5, 0.6) is 5.75 Å². The SMILES string of the molecule is Cc1cc(N)n(CC(=O)NCc2cc(Cl)ccc2OC(C)C)n1. The van der Waals surface area contributed by atoms with Gasteiger partial charge in [0.05, 0.1) is 11.8 Å². The number of nitrogens with two attached hydrogens (primary N) is 1. The lowest BCUT2D eigenvalue weighted by molar-refractivity contribution is -0.122. The Kier molecular flexibility index (Phi) is 5.50. The van der Waals surface area contributed by atoms with Gasteiger partial charge >= 0.3 is 0 Å². The molecule has 1 amide bonds. The Hall–Kier alpha value is -2.21. The molecule has 6 nitrogen and oxygen atoms in total. The number of nitrogens with zero attached hydrogens (tertiary/aromatic N) is 2. The Morgan fingerprint density at radius 1 is 1.43 bits per heavy atom. The molecule has 124 valence electrons. The smallest absolute Gasteiger partial charge is 0.242 e. The van der Waals surface area contributed by atoms with Gasteiger partial charge in [-0.15, -0.1) is 0 Å². The number of carbonyl (C=O) groups excluding carboxylic acids is 1. The van der Waals surface area contributed by atoms with E-state index < -0.39 is 0 Å². The molecule has 0 aliphatic carbocycles. The largest absolute Gasteiger partial charge is 0.491 e. The van der Waals surface area contributed by atoms with E-state index in [4.69, 9.17) is 22.1 Å². The molecule has 23 heavy (non-hydrogen) atoms. The molecule has 0 spiro atoms. The van der Waals surface area contributed by atoms with Crippen LogP contribution in [-0.4, -0.2) is 21.8 Å². The van der Waals surface area contributed by atoms with Crippen LogP contribution in [0.2, 0.25) is 5.02 Å². The molecule has 0 saturated heterocycles. The third kappa shape index (κ3) is 4.89. The van der Waals surface area contributed by atoms with Crippen LogP contribution in [-0.2, 0) is 17.9 Å². The molecule has 2 rings (SSSR count). The molecule has 0 bridgehead atoms. The molecule has 2 aromatic rings. The summed E-state index contributed by atoms with van der Waals surface area (Å²) in [5.41, 5.74) is 7.38. The van der Waals surface area contributed by atoms with Crippen LogP contribution in [0.3, 0.4) is 0 Å². The van der Waals surface area contributed by atoms with E-state index in [9.17, 15) is 4.79 Å². The van der Waals surface area contributed by atoms with Crippen LogP contribution in [0.25, 0.3) is 0 Å². The monoisotopic (exact) mass is 336 g/mol. The molecule has 1 aromatic heterocycles. The minimum absolute atomic E-state index is 0.0393. The first-order valence-corrected chi connectivity index (χ1v) is 7.74. The summed E-state index contributed by atoms with van der Waals surface area (Å²) in [4.78, 5) is 12.1. The highest BCUT2D eigenvalue weighted by molar-refractivity contribution is 6.30. The summed E-state index contributed by atoms with van der Waals surface area (Å²) in [5, 5.41) is 7.59. The number of rotatable bonds is 6. The third-order valence-corrected chi connectivity index (χ3v) is 3.32. The number of amides is 1. The summed E-state index contributed by atoms with van der Waals surface area (Å²) in [6, 6.07) is 7.07. The number of aromatic nitrogens is 2. The first-order valence-electron chi connectivity index (χ1n) is 7.37. The van der Waals surface area contributed by atoms with Gasteiger partial charge in [0.1, 0.15) is 18.1 Å². The predicted octanol–water partition coefficient (Wildman–Crippen LogP) is 2.53. The minimum Gasteiger partial charge on any atom is -0.491 e. The molecule has 0 fully saturated rings. The van der Waals surface area contributed by atoms with Crippen LogP contribution in [0.4, 0.5) is 5.82 Å². The maximum Gasteiger partial charge on any atom is 0.242 e. The van der Waals surface area contributed by atoms with Gasteiger partial charge in [-0.25, -0.2) is 4.68 Å². The number of anilines is 1. The number of nitrogens with one attached hydrogen (secondary N) is 1. The average Bonchev–Trinajstić information content (AvgIpc) is 2.76. The summed E-state index contributed by atoms with van der Waals surface area (Å²) in [7, 11) is 0. The fourth-order valence-electron chi connectivity index (χ4n) is 2.13. The lowest BCUT2D eigenvalue weighted by Crippen LogP contribution is -2.28. The lowest BCUT2D eigenvalue weighted by Gasteiger charge is -2.15. The quantitative estimate of drug-likeness (QED) is 0.849. The highest BCUT2D eigenvalue weighted by Crippen LogP contribution is 2.23. The van der Waals surface area contributed by atoms with Crippen molar-refractivity contribution in [2.24, 2.45) is 0 Å². The fraction of sp³-hybridized carbons (Fsp3) is 0.375. The van der Waals surface area contributed by atoms with E-state index in [2.05, 4.69) is 10.4 Å². The zero-order valence-electron chi connectivity index (χ0n) is 13.5. The van der Waals surface area contributed by atoms with E-state index in [1.807, 2.05) is 20.8 Å². The van der Waals surface area contributed by atoms with E-state index in [1.165, 1.54) is 4.68 Å². The molecule has 0 radical (unpaired) electrons. The average molecular weight is 337 g/mol. The Morgan fingerprint density at radius 3 is 2.78 bits per heavy atom. The van der Waals surface area contributed by atoms with E-state index >= 15 is 0 Å². The Morgan fingerprint density at radius 2 is 2.17 bits per heavy atom. The molecule has 1 heterocycles.